The van der Waals surface area contributed by atoms with Crippen LogP contribution >= 0.6 is 0 Å². The Morgan fingerprint density at radius 3 is 2.53 bits per heavy atom. The zero-order valence-corrected chi connectivity index (χ0v) is 17.5. The second-order valence-corrected chi connectivity index (χ2v) is 7.47. The largest absolute Gasteiger partial charge is 0.493 e. The minimum atomic E-state index is -0.167. The first kappa shape index (κ1) is 21.9. The molecule has 2 N–H and O–H groups in total. The molecule has 6 nitrogen and oxygen atoms in total. The number of hydrogen-bond donors (Lipinski definition) is 2. The number of aliphatic hydroxyl groups is 1. The van der Waals surface area contributed by atoms with Crippen LogP contribution in [0.3, 0.4) is 0 Å². The number of likely N-dealkylation sites (tertiary alicyclic amines) is 1. The van der Waals surface area contributed by atoms with Gasteiger partial charge in [-0.15, -0.1) is 0 Å². The SMILES string of the molecule is C=CCOc1ccc(C(=O)NCc2ccc(CN3CCC(O)CC3)cc2)cc1OC. The molecule has 2 aromatic carbocycles. The first-order valence-electron chi connectivity index (χ1n) is 10.3. The van der Waals surface area contributed by atoms with Crippen molar-refractivity contribution in [3.63, 3.8) is 0 Å². The molecule has 30 heavy (non-hydrogen) atoms. The van der Waals surface area contributed by atoms with E-state index in [0.29, 0.717) is 30.2 Å². The lowest BCUT2D eigenvalue weighted by Crippen LogP contribution is -2.35. The number of carbonyl (C=O) groups excluding carboxylic acids is 1. The lowest BCUT2D eigenvalue weighted by molar-refractivity contribution is 0.0792. The third kappa shape index (κ3) is 6.08. The van der Waals surface area contributed by atoms with Crippen LogP contribution in [0.2, 0.25) is 0 Å². The van der Waals surface area contributed by atoms with E-state index < -0.39 is 0 Å². The fourth-order valence-corrected chi connectivity index (χ4v) is 3.46. The topological polar surface area (TPSA) is 71.0 Å². The number of methoxy groups -OCH3 is 1. The first-order valence-corrected chi connectivity index (χ1v) is 10.3. The van der Waals surface area contributed by atoms with E-state index in [-0.39, 0.29) is 12.0 Å². The number of carbonyl (C=O) groups is 1. The van der Waals surface area contributed by atoms with Crippen molar-refractivity contribution >= 4 is 5.91 Å². The molecule has 1 heterocycles. The third-order valence-corrected chi connectivity index (χ3v) is 5.22. The monoisotopic (exact) mass is 410 g/mol. The van der Waals surface area contributed by atoms with Crippen LogP contribution in [0, 0.1) is 0 Å². The van der Waals surface area contributed by atoms with Gasteiger partial charge < -0.3 is 19.9 Å². The number of hydrogen-bond acceptors (Lipinski definition) is 5. The van der Waals surface area contributed by atoms with Gasteiger partial charge in [-0.3, -0.25) is 9.69 Å². The number of benzene rings is 2. The lowest BCUT2D eigenvalue weighted by atomic mass is 10.1. The maximum absolute atomic E-state index is 12.5. The summed E-state index contributed by atoms with van der Waals surface area (Å²) in [6, 6.07) is 13.4. The Morgan fingerprint density at radius 1 is 1.17 bits per heavy atom. The number of nitrogens with one attached hydrogen (secondary N) is 1. The maximum Gasteiger partial charge on any atom is 0.251 e. The van der Waals surface area contributed by atoms with Crippen LogP contribution < -0.4 is 14.8 Å². The minimum Gasteiger partial charge on any atom is -0.493 e. The zero-order chi connectivity index (χ0) is 21.3. The number of rotatable bonds is 9. The van der Waals surface area contributed by atoms with E-state index in [9.17, 15) is 9.90 Å². The molecule has 0 aliphatic carbocycles. The average Bonchev–Trinajstić information content (AvgIpc) is 2.78. The normalized spacial score (nSPS) is 14.9. The van der Waals surface area contributed by atoms with Crippen LogP contribution in [0.15, 0.2) is 55.1 Å². The lowest BCUT2D eigenvalue weighted by Gasteiger charge is -2.29. The van der Waals surface area contributed by atoms with Gasteiger partial charge >= 0.3 is 0 Å². The van der Waals surface area contributed by atoms with E-state index in [1.54, 1.807) is 31.4 Å². The van der Waals surface area contributed by atoms with Crippen molar-refractivity contribution in [3.8, 4) is 11.5 Å². The molecule has 0 spiro atoms. The van der Waals surface area contributed by atoms with Crippen molar-refractivity contribution in [2.75, 3.05) is 26.8 Å². The van der Waals surface area contributed by atoms with E-state index >= 15 is 0 Å². The van der Waals surface area contributed by atoms with Crippen molar-refractivity contribution < 1.29 is 19.4 Å². The molecule has 0 saturated carbocycles. The third-order valence-electron chi connectivity index (χ3n) is 5.22. The van der Waals surface area contributed by atoms with E-state index in [1.807, 2.05) is 12.1 Å². The number of amides is 1. The Morgan fingerprint density at radius 2 is 1.87 bits per heavy atom. The number of nitrogens with zero attached hydrogens (tertiary/aromatic N) is 1. The molecule has 1 amide bonds. The Labute approximate surface area is 178 Å². The number of ether oxygens (including phenoxy) is 2. The van der Waals surface area contributed by atoms with E-state index in [1.165, 1.54) is 5.56 Å². The van der Waals surface area contributed by atoms with Gasteiger partial charge in [0.05, 0.1) is 13.2 Å². The van der Waals surface area contributed by atoms with E-state index in [0.717, 1.165) is 38.0 Å². The van der Waals surface area contributed by atoms with Gasteiger partial charge in [0, 0.05) is 31.7 Å². The van der Waals surface area contributed by atoms with Crippen molar-refractivity contribution in [2.24, 2.45) is 0 Å². The summed E-state index contributed by atoms with van der Waals surface area (Å²) < 4.78 is 10.8. The summed E-state index contributed by atoms with van der Waals surface area (Å²) in [7, 11) is 1.55. The summed E-state index contributed by atoms with van der Waals surface area (Å²) in [4.78, 5) is 14.9. The van der Waals surface area contributed by atoms with Crippen LogP contribution in [0.25, 0.3) is 0 Å². The predicted molar refractivity (Wildman–Crippen MR) is 117 cm³/mol. The molecule has 1 aliphatic rings. The van der Waals surface area contributed by atoms with Gasteiger partial charge in [-0.25, -0.2) is 0 Å². The van der Waals surface area contributed by atoms with Gasteiger partial charge in [0.25, 0.3) is 5.91 Å². The first-order chi connectivity index (χ1) is 14.6. The fourth-order valence-electron chi connectivity index (χ4n) is 3.46. The van der Waals surface area contributed by atoms with Gasteiger partial charge in [-0.2, -0.15) is 0 Å². The second-order valence-electron chi connectivity index (χ2n) is 7.47. The van der Waals surface area contributed by atoms with Crippen LogP contribution in [0.5, 0.6) is 11.5 Å². The molecule has 0 bridgehead atoms. The van der Waals surface area contributed by atoms with E-state index in [4.69, 9.17) is 9.47 Å². The Kier molecular flexibility index (Phi) is 7.88. The molecular weight excluding hydrogens is 380 g/mol. The smallest absolute Gasteiger partial charge is 0.251 e. The molecule has 1 aliphatic heterocycles. The van der Waals surface area contributed by atoms with Gasteiger partial charge in [0.15, 0.2) is 11.5 Å². The summed E-state index contributed by atoms with van der Waals surface area (Å²) in [6.07, 6.45) is 3.19. The number of piperidine rings is 1. The molecule has 6 heteroatoms. The summed E-state index contributed by atoms with van der Waals surface area (Å²) in [5.41, 5.74) is 2.79. The highest BCUT2D eigenvalue weighted by Crippen LogP contribution is 2.28. The molecule has 0 atom stereocenters. The molecule has 1 saturated heterocycles. The summed E-state index contributed by atoms with van der Waals surface area (Å²) in [6.45, 7) is 7.20. The molecule has 0 unspecified atom stereocenters. The Balaban J connectivity index is 1.52. The highest BCUT2D eigenvalue weighted by molar-refractivity contribution is 5.94. The number of aliphatic hydroxyl groups excluding tert-OH is 1. The molecule has 3 rings (SSSR count). The van der Waals surface area contributed by atoms with Gasteiger partial charge in [0.1, 0.15) is 6.61 Å². The maximum atomic E-state index is 12.5. The van der Waals surface area contributed by atoms with Crippen molar-refractivity contribution in [1.82, 2.24) is 10.2 Å². The molecule has 1 fully saturated rings. The Hall–Kier alpha value is -2.83. The minimum absolute atomic E-state index is 0.150. The van der Waals surface area contributed by atoms with Crippen molar-refractivity contribution in [1.29, 1.82) is 0 Å². The molecule has 2 aromatic rings. The van der Waals surface area contributed by atoms with Crippen LogP contribution in [0.4, 0.5) is 0 Å². The van der Waals surface area contributed by atoms with Crippen molar-refractivity contribution in [2.45, 2.75) is 32.0 Å². The molecular formula is C24H30N2O4. The zero-order valence-electron chi connectivity index (χ0n) is 17.5. The predicted octanol–water partition coefficient (Wildman–Crippen LogP) is 3.15. The van der Waals surface area contributed by atoms with Gasteiger partial charge in [0.2, 0.25) is 0 Å². The van der Waals surface area contributed by atoms with Gasteiger partial charge in [-0.1, -0.05) is 36.9 Å². The van der Waals surface area contributed by atoms with Crippen LogP contribution in [0.1, 0.15) is 34.3 Å². The second kappa shape index (κ2) is 10.8. The summed E-state index contributed by atoms with van der Waals surface area (Å²) in [5, 5.41) is 12.6. The summed E-state index contributed by atoms with van der Waals surface area (Å²) >= 11 is 0. The van der Waals surface area contributed by atoms with Crippen molar-refractivity contribution in [3.05, 3.63) is 71.8 Å². The quantitative estimate of drug-likeness (QED) is 0.622. The average molecular weight is 411 g/mol. The molecule has 160 valence electrons. The van der Waals surface area contributed by atoms with Crippen LogP contribution in [-0.2, 0) is 13.1 Å². The van der Waals surface area contributed by atoms with Gasteiger partial charge in [-0.05, 0) is 42.2 Å². The Bertz CT molecular complexity index is 843. The highest BCUT2D eigenvalue weighted by atomic mass is 16.5. The molecule has 0 aromatic heterocycles. The van der Waals surface area contributed by atoms with Crippen LogP contribution in [-0.4, -0.2) is 48.8 Å². The van der Waals surface area contributed by atoms with E-state index in [2.05, 4.69) is 28.9 Å². The highest BCUT2D eigenvalue weighted by Gasteiger charge is 2.17. The standard InChI is InChI=1S/C24H30N2O4/c1-3-14-30-22-9-8-20(15-23(22)29-2)24(28)25-16-18-4-6-19(7-5-18)17-26-12-10-21(27)11-13-26/h3-9,15,21,27H,1,10-14,16-17H2,2H3,(H,25,28). The summed E-state index contributed by atoms with van der Waals surface area (Å²) in [5.74, 6) is 0.923. The molecule has 0 radical (unpaired) electrons. The fraction of sp³-hybridized carbons (Fsp3) is 0.375.